The van der Waals surface area contributed by atoms with E-state index in [0.717, 1.165) is 11.1 Å². The van der Waals surface area contributed by atoms with Crippen molar-refractivity contribution in [2.45, 2.75) is 45.1 Å². The van der Waals surface area contributed by atoms with Crippen molar-refractivity contribution in [3.63, 3.8) is 0 Å². The second-order valence-electron chi connectivity index (χ2n) is 8.90. The number of Topliss-reactive ketones (excluding diaryl/α,β-unsaturated/α-hetero) is 1. The molecule has 1 fully saturated rings. The second kappa shape index (κ2) is 6.62. The van der Waals surface area contributed by atoms with Gasteiger partial charge in [-0.25, -0.2) is 0 Å². The Bertz CT molecular complexity index is 1110. The number of nitro groups is 1. The molecule has 1 saturated heterocycles. The Labute approximate surface area is 175 Å². The summed E-state index contributed by atoms with van der Waals surface area (Å²) in [6, 6.07) is 13.9. The zero-order valence-corrected chi connectivity index (χ0v) is 17.6. The number of nitro benzene ring substituents is 1. The minimum Gasteiger partial charge on any atom is -0.336 e. The van der Waals surface area contributed by atoms with E-state index in [-0.39, 0.29) is 23.8 Å². The summed E-state index contributed by atoms with van der Waals surface area (Å²) < 4.78 is 0. The number of allylic oxidation sites excluding steroid dienone is 1. The summed E-state index contributed by atoms with van der Waals surface area (Å²) in [5, 5.41) is 11.4. The van der Waals surface area contributed by atoms with E-state index in [1.54, 1.807) is 11.0 Å². The predicted molar refractivity (Wildman–Crippen MR) is 115 cm³/mol. The van der Waals surface area contributed by atoms with E-state index in [4.69, 9.17) is 0 Å². The largest absolute Gasteiger partial charge is 0.336 e. The molecular formula is C24H24N2O4. The molecule has 0 unspecified atom stereocenters. The van der Waals surface area contributed by atoms with Gasteiger partial charge >= 0.3 is 0 Å². The molecule has 4 rings (SSSR count). The third-order valence-corrected chi connectivity index (χ3v) is 6.19. The van der Waals surface area contributed by atoms with Crippen LogP contribution in [0, 0.1) is 10.1 Å². The maximum atomic E-state index is 14.1. The van der Waals surface area contributed by atoms with E-state index in [1.807, 2.05) is 58.0 Å². The highest BCUT2D eigenvalue weighted by atomic mass is 16.6. The number of carbonyl (C=O) groups is 2. The number of hydrogen-bond donors (Lipinski definition) is 0. The van der Waals surface area contributed by atoms with Crippen LogP contribution in [-0.4, -0.2) is 33.6 Å². The SMILES string of the molecule is CC1=C(c2ccccc2)[C@@]2(C(=O)CCN(C(C)(C)C)C2=O)c2ccc([N+](=O)[O-])cc21. The van der Waals surface area contributed by atoms with Crippen LogP contribution in [0.25, 0.3) is 11.1 Å². The Morgan fingerprint density at radius 2 is 1.73 bits per heavy atom. The predicted octanol–water partition coefficient (Wildman–Crippen LogP) is 4.38. The average molecular weight is 404 g/mol. The van der Waals surface area contributed by atoms with E-state index in [9.17, 15) is 19.7 Å². The standard InChI is InChI=1S/C24H24N2O4/c1-15-18-14-17(26(29)30)10-11-19(18)24(21(15)16-8-6-5-7-9-16)20(27)12-13-25(22(24)28)23(2,3)4/h5-11,14H,12-13H2,1-4H3/t24-/m0/s1. The van der Waals surface area contributed by atoms with Crippen molar-refractivity contribution < 1.29 is 14.5 Å². The van der Waals surface area contributed by atoms with Crippen LogP contribution in [0.4, 0.5) is 5.69 Å². The highest BCUT2D eigenvalue weighted by molar-refractivity contribution is 6.29. The normalized spacial score (nSPS) is 21.4. The molecular weight excluding hydrogens is 380 g/mol. The van der Waals surface area contributed by atoms with Crippen molar-refractivity contribution in [3.8, 4) is 0 Å². The number of fused-ring (bicyclic) bond motifs is 2. The Morgan fingerprint density at radius 1 is 1.07 bits per heavy atom. The molecule has 1 amide bonds. The lowest BCUT2D eigenvalue weighted by Gasteiger charge is -2.46. The van der Waals surface area contributed by atoms with Gasteiger partial charge in [0, 0.05) is 30.6 Å². The number of benzene rings is 2. The molecule has 0 radical (unpaired) electrons. The molecule has 6 heteroatoms. The van der Waals surface area contributed by atoms with Gasteiger partial charge < -0.3 is 4.90 Å². The Hall–Kier alpha value is -3.28. The lowest BCUT2D eigenvalue weighted by molar-refractivity contribution is -0.384. The molecule has 1 aliphatic heterocycles. The van der Waals surface area contributed by atoms with Crippen LogP contribution in [-0.2, 0) is 15.0 Å². The first kappa shape index (κ1) is 20.0. The van der Waals surface area contributed by atoms with Crippen LogP contribution in [0.2, 0.25) is 0 Å². The molecule has 0 saturated carbocycles. The number of amides is 1. The fraction of sp³-hybridized carbons (Fsp3) is 0.333. The van der Waals surface area contributed by atoms with Crippen LogP contribution in [0.1, 0.15) is 50.8 Å². The first-order valence-electron chi connectivity index (χ1n) is 10.0. The van der Waals surface area contributed by atoms with Crippen molar-refractivity contribution >= 4 is 28.5 Å². The molecule has 0 N–H and O–H groups in total. The van der Waals surface area contributed by atoms with Gasteiger partial charge in [-0.15, -0.1) is 0 Å². The van der Waals surface area contributed by atoms with E-state index < -0.39 is 15.9 Å². The quantitative estimate of drug-likeness (QED) is 0.423. The number of piperidine rings is 1. The van der Waals surface area contributed by atoms with Crippen molar-refractivity contribution in [1.82, 2.24) is 4.90 Å². The summed E-state index contributed by atoms with van der Waals surface area (Å²) in [4.78, 5) is 40.4. The summed E-state index contributed by atoms with van der Waals surface area (Å²) in [6.07, 6.45) is 0.239. The molecule has 6 nitrogen and oxygen atoms in total. The van der Waals surface area contributed by atoms with Gasteiger partial charge in [0.1, 0.15) is 0 Å². The maximum absolute atomic E-state index is 14.1. The minimum absolute atomic E-state index is 0.0547. The summed E-state index contributed by atoms with van der Waals surface area (Å²) in [5.74, 6) is -0.407. The number of carbonyl (C=O) groups excluding carboxylic acids is 2. The molecule has 154 valence electrons. The van der Waals surface area contributed by atoms with E-state index in [0.29, 0.717) is 23.2 Å². The fourth-order valence-corrected chi connectivity index (χ4v) is 4.85. The molecule has 0 bridgehead atoms. The number of rotatable bonds is 2. The smallest absolute Gasteiger partial charge is 0.270 e. The van der Waals surface area contributed by atoms with Gasteiger partial charge in [-0.2, -0.15) is 0 Å². The number of non-ortho nitro benzene ring substituents is 1. The number of hydrogen-bond acceptors (Lipinski definition) is 4. The van der Waals surface area contributed by atoms with E-state index >= 15 is 0 Å². The van der Waals surface area contributed by atoms with Crippen LogP contribution in [0.15, 0.2) is 48.5 Å². The third-order valence-electron chi connectivity index (χ3n) is 6.19. The van der Waals surface area contributed by atoms with Gasteiger partial charge in [0.25, 0.3) is 5.69 Å². The van der Waals surface area contributed by atoms with Crippen molar-refractivity contribution in [2.75, 3.05) is 6.54 Å². The van der Waals surface area contributed by atoms with E-state index in [2.05, 4.69) is 0 Å². The van der Waals surface area contributed by atoms with Crippen molar-refractivity contribution in [3.05, 3.63) is 75.3 Å². The van der Waals surface area contributed by atoms with Gasteiger partial charge in [0.15, 0.2) is 11.2 Å². The molecule has 0 aromatic heterocycles. The monoisotopic (exact) mass is 404 g/mol. The molecule has 1 aliphatic carbocycles. The molecule has 30 heavy (non-hydrogen) atoms. The lowest BCUT2D eigenvalue weighted by Crippen LogP contribution is -2.61. The highest BCUT2D eigenvalue weighted by Gasteiger charge is 2.60. The molecule has 2 aromatic rings. The maximum Gasteiger partial charge on any atom is 0.270 e. The molecule has 2 aliphatic rings. The average Bonchev–Trinajstić information content (AvgIpc) is 2.95. The van der Waals surface area contributed by atoms with Gasteiger partial charge in [-0.1, -0.05) is 30.3 Å². The third kappa shape index (κ3) is 2.63. The summed E-state index contributed by atoms with van der Waals surface area (Å²) in [7, 11) is 0. The van der Waals surface area contributed by atoms with Crippen LogP contribution >= 0.6 is 0 Å². The molecule has 1 atom stereocenters. The zero-order valence-electron chi connectivity index (χ0n) is 17.6. The summed E-state index contributed by atoms with van der Waals surface area (Å²) >= 11 is 0. The minimum atomic E-state index is -1.47. The zero-order chi connectivity index (χ0) is 21.8. The van der Waals surface area contributed by atoms with Crippen molar-refractivity contribution in [2.24, 2.45) is 0 Å². The first-order valence-corrected chi connectivity index (χ1v) is 10.0. The van der Waals surface area contributed by atoms with Gasteiger partial charge in [0.05, 0.1) is 4.92 Å². The lowest BCUT2D eigenvalue weighted by atomic mass is 9.67. The fourth-order valence-electron chi connectivity index (χ4n) is 4.85. The van der Waals surface area contributed by atoms with Gasteiger partial charge in [-0.3, -0.25) is 19.7 Å². The van der Waals surface area contributed by atoms with Gasteiger partial charge in [-0.05, 0) is 61.6 Å². The van der Waals surface area contributed by atoms with Crippen LogP contribution < -0.4 is 0 Å². The molecule has 1 spiro atoms. The number of nitrogens with zero attached hydrogens (tertiary/aromatic N) is 2. The summed E-state index contributed by atoms with van der Waals surface area (Å²) in [6.45, 7) is 8.08. The van der Waals surface area contributed by atoms with Crippen molar-refractivity contribution in [1.29, 1.82) is 0 Å². The Kier molecular flexibility index (Phi) is 4.42. The summed E-state index contributed by atoms with van der Waals surface area (Å²) in [5.41, 5.74) is 1.33. The topological polar surface area (TPSA) is 80.5 Å². The molecule has 1 heterocycles. The number of ketones is 1. The molecule has 2 aromatic carbocycles. The van der Waals surface area contributed by atoms with Crippen LogP contribution in [0.3, 0.4) is 0 Å². The highest BCUT2D eigenvalue weighted by Crippen LogP contribution is 2.55. The van der Waals surface area contributed by atoms with Gasteiger partial charge in [0.2, 0.25) is 5.91 Å². The Balaban J connectivity index is 2.07. The first-order chi connectivity index (χ1) is 14.1. The van der Waals surface area contributed by atoms with E-state index in [1.165, 1.54) is 12.1 Å². The van der Waals surface area contributed by atoms with Crippen LogP contribution in [0.5, 0.6) is 0 Å². The number of likely N-dealkylation sites (tertiary alicyclic amines) is 1. The second-order valence-corrected chi connectivity index (χ2v) is 8.90. The Morgan fingerprint density at radius 3 is 2.33 bits per heavy atom.